The summed E-state index contributed by atoms with van der Waals surface area (Å²) >= 11 is 0. The van der Waals surface area contributed by atoms with Crippen LogP contribution in [0.2, 0.25) is 0 Å². The van der Waals surface area contributed by atoms with Crippen LogP contribution in [0.25, 0.3) is 221 Å². The summed E-state index contributed by atoms with van der Waals surface area (Å²) in [5, 5.41) is 20.9. The third-order valence-corrected chi connectivity index (χ3v) is 27.6. The van der Waals surface area contributed by atoms with E-state index in [0.717, 1.165) is 101 Å². The number of nitrogens with zero attached hydrogens (tertiary/aromatic N) is 6. The summed E-state index contributed by atoms with van der Waals surface area (Å²) < 4.78 is 0. The highest BCUT2D eigenvalue weighted by molar-refractivity contribution is 6.26. The van der Waals surface area contributed by atoms with Gasteiger partial charge in [-0.05, 0) is 220 Å². The van der Waals surface area contributed by atoms with Gasteiger partial charge in [-0.3, -0.25) is 0 Å². The first kappa shape index (κ1) is 75.0. The van der Waals surface area contributed by atoms with Gasteiger partial charge >= 0.3 is 0 Å². The average Bonchev–Trinajstić information content (AvgIpc) is 1.63. The molecule has 0 saturated carbocycles. The van der Waals surface area contributed by atoms with Crippen LogP contribution in [0.4, 0.5) is 0 Å². The van der Waals surface area contributed by atoms with E-state index >= 15 is 0 Å². The summed E-state index contributed by atoms with van der Waals surface area (Å²) in [6.07, 6.45) is 0. The van der Waals surface area contributed by atoms with Crippen molar-refractivity contribution in [2.24, 2.45) is 0 Å². The van der Waals surface area contributed by atoms with Crippen LogP contribution in [-0.2, 0) is 16.2 Å². The Morgan fingerprint density at radius 2 is 0.449 bits per heavy atom. The first-order valence-electron chi connectivity index (χ1n) is 44.0. The third kappa shape index (κ3) is 12.4. The molecule has 0 aliphatic heterocycles. The second-order valence-corrected chi connectivity index (χ2v) is 35.9. The maximum atomic E-state index is 5.30. The first-order chi connectivity index (χ1) is 62.2. The molecule has 127 heavy (non-hydrogen) atoms. The zero-order valence-corrected chi connectivity index (χ0v) is 71.3. The molecule has 3 aliphatic carbocycles. The molecular weight excluding hydrogens is 1540 g/mol. The Bertz CT molecular complexity index is 8530. The standard InChI is InChI=1S/C43H30N2.C41H28N2.C37H26N2/c1-43(2)38-26-34(21-22-35(38)37-24-31-11-5-6-12-32(31)25-39(37)43)41-36-13-7-8-14-40(36)44-42(45-41)29-18-15-28(16-19-29)33-20-17-27-9-3-4-10-30(27)23-33;1-41(2)36-17-9-7-15-32(36)33-22-20-26(24-37(33)41)40-42-38-18-10-8-16-34(38)39(43-40)25-19-21-31-29-13-4-3-11-27(29)28-12-5-6-14-30(28)35(31)23-25;1-37(2)32-13-7-5-11-29(32)30-20-18-26(22-33(30)37)36-38-34-14-8-6-12-31(34)35(39-36)25-17-19-28-24(21-25)16-15-23-9-3-4-10-27(23)28/h3-26H,1-2H3;3-24H,1-2H3;3-22H,1-2H3. The van der Waals surface area contributed by atoms with Gasteiger partial charge < -0.3 is 0 Å². The van der Waals surface area contributed by atoms with E-state index in [1.54, 1.807) is 0 Å². The van der Waals surface area contributed by atoms with Crippen LogP contribution < -0.4 is 0 Å². The van der Waals surface area contributed by atoms with Gasteiger partial charge in [-0.2, -0.15) is 0 Å². The largest absolute Gasteiger partial charge is 0.228 e. The van der Waals surface area contributed by atoms with Crippen LogP contribution >= 0.6 is 0 Å². The highest BCUT2D eigenvalue weighted by Gasteiger charge is 2.39. The van der Waals surface area contributed by atoms with Gasteiger partial charge in [0.25, 0.3) is 0 Å². The van der Waals surface area contributed by atoms with Gasteiger partial charge in [-0.15, -0.1) is 0 Å². The molecule has 0 amide bonds. The quantitative estimate of drug-likeness (QED) is 0.148. The van der Waals surface area contributed by atoms with Crippen molar-refractivity contribution in [2.75, 3.05) is 0 Å². The summed E-state index contributed by atoms with van der Waals surface area (Å²) in [5.74, 6) is 2.26. The Kier molecular flexibility index (Phi) is 17.3. The van der Waals surface area contributed by atoms with Gasteiger partial charge in [-0.25, -0.2) is 29.9 Å². The molecule has 3 aliphatic rings. The summed E-state index contributed by atoms with van der Waals surface area (Å²) in [6, 6.07) is 144. The molecule has 3 heterocycles. The predicted octanol–water partition coefficient (Wildman–Crippen LogP) is 31.5. The van der Waals surface area contributed by atoms with Crippen LogP contribution in [-0.4, -0.2) is 29.9 Å². The van der Waals surface area contributed by atoms with Crippen molar-refractivity contribution in [1.82, 2.24) is 29.9 Å². The molecule has 0 fully saturated rings. The summed E-state index contributed by atoms with van der Waals surface area (Å²) in [4.78, 5) is 30.9. The molecule has 0 radical (unpaired) electrons. The van der Waals surface area contributed by atoms with Crippen molar-refractivity contribution in [2.45, 2.75) is 57.8 Å². The van der Waals surface area contributed by atoms with E-state index in [-0.39, 0.29) is 16.2 Å². The van der Waals surface area contributed by atoms with E-state index in [0.29, 0.717) is 0 Å². The smallest absolute Gasteiger partial charge is 0.160 e. The SMILES string of the molecule is CC1(C)c2cc(-c3nc(-c4ccc(-c5ccc6ccccc6c5)cc4)nc4ccccc34)ccc2-c2cc3ccccc3cc21.CC1(C)c2ccccc2-c2ccc(-c3nc(-c4ccc5c(ccc6ccccc65)c4)c4ccccc4n3)cc21.CC1(C)c2ccccc2-c2ccc(-c3nc(-c4ccc5c6ccccc6c6ccccc6c5c4)c4ccccc4n3)cc21. The molecule has 26 rings (SSSR count). The van der Waals surface area contributed by atoms with Crippen LogP contribution in [0.3, 0.4) is 0 Å². The number of fused-ring (bicyclic) bond motifs is 23. The number of hydrogen-bond donors (Lipinski definition) is 0. The Morgan fingerprint density at radius 1 is 0.150 bits per heavy atom. The Hall–Kier alpha value is -15.8. The Morgan fingerprint density at radius 3 is 0.984 bits per heavy atom. The fourth-order valence-electron chi connectivity index (χ4n) is 20.9. The van der Waals surface area contributed by atoms with Gasteiger partial charge in [0.1, 0.15) is 0 Å². The lowest BCUT2D eigenvalue weighted by molar-refractivity contribution is 0.660. The molecule has 0 unspecified atom stereocenters. The lowest BCUT2D eigenvalue weighted by Crippen LogP contribution is -2.15. The highest BCUT2D eigenvalue weighted by atomic mass is 14.9. The van der Waals surface area contributed by atoms with Crippen LogP contribution in [0, 0.1) is 0 Å². The van der Waals surface area contributed by atoms with Crippen molar-refractivity contribution >= 4 is 108 Å². The van der Waals surface area contributed by atoms with Gasteiger partial charge in [0.05, 0.1) is 33.6 Å². The van der Waals surface area contributed by atoms with Crippen molar-refractivity contribution in [3.8, 4) is 112 Å². The van der Waals surface area contributed by atoms with Gasteiger partial charge in [0.15, 0.2) is 17.5 Å². The molecule has 20 aromatic carbocycles. The van der Waals surface area contributed by atoms with E-state index in [2.05, 4.69) is 442 Å². The summed E-state index contributed by atoms with van der Waals surface area (Å²) in [6.45, 7) is 13.9. The lowest BCUT2D eigenvalue weighted by Gasteiger charge is -2.22. The molecule has 0 N–H and O–H groups in total. The number of hydrogen-bond acceptors (Lipinski definition) is 6. The highest BCUT2D eigenvalue weighted by Crippen LogP contribution is 2.54. The van der Waals surface area contributed by atoms with Crippen LogP contribution in [0.1, 0.15) is 74.9 Å². The van der Waals surface area contributed by atoms with Crippen molar-refractivity contribution in [3.63, 3.8) is 0 Å². The molecule has 0 saturated heterocycles. The average molecular weight is 1620 g/mol. The minimum atomic E-state index is -0.116. The topological polar surface area (TPSA) is 77.3 Å². The molecule has 3 aromatic heterocycles. The predicted molar refractivity (Wildman–Crippen MR) is 532 cm³/mol. The molecule has 598 valence electrons. The van der Waals surface area contributed by atoms with E-state index in [4.69, 9.17) is 29.9 Å². The zero-order valence-electron chi connectivity index (χ0n) is 71.3. The second-order valence-electron chi connectivity index (χ2n) is 35.9. The number of aromatic nitrogens is 6. The maximum absolute atomic E-state index is 5.30. The molecule has 0 bridgehead atoms. The fraction of sp³-hybridized carbons (Fsp3) is 0.0744. The molecule has 0 spiro atoms. The maximum Gasteiger partial charge on any atom is 0.160 e. The van der Waals surface area contributed by atoms with E-state index in [9.17, 15) is 0 Å². The monoisotopic (exact) mass is 1620 g/mol. The van der Waals surface area contributed by atoms with Crippen molar-refractivity contribution in [1.29, 1.82) is 0 Å². The molecule has 0 atom stereocenters. The third-order valence-electron chi connectivity index (χ3n) is 27.6. The van der Waals surface area contributed by atoms with Gasteiger partial charge in [0, 0.05) is 65.8 Å². The fourth-order valence-corrected chi connectivity index (χ4v) is 20.9. The normalized spacial score (nSPS) is 13.5. The molecule has 23 aromatic rings. The Labute approximate surface area is 737 Å². The first-order valence-corrected chi connectivity index (χ1v) is 44.0. The molecule has 6 heteroatoms. The zero-order chi connectivity index (χ0) is 85.0. The second kappa shape index (κ2) is 29.2. The van der Waals surface area contributed by atoms with E-state index in [1.165, 1.54) is 153 Å². The van der Waals surface area contributed by atoms with Gasteiger partial charge in [0.2, 0.25) is 0 Å². The Balaban J connectivity index is 0.000000107. The van der Waals surface area contributed by atoms with Crippen LogP contribution in [0.5, 0.6) is 0 Å². The van der Waals surface area contributed by atoms with E-state index in [1.807, 2.05) is 0 Å². The number of para-hydroxylation sites is 3. The number of rotatable bonds is 7. The minimum Gasteiger partial charge on any atom is -0.228 e. The van der Waals surface area contributed by atoms with Gasteiger partial charge in [-0.1, -0.05) is 375 Å². The molecular formula is C121H84N6. The molecule has 6 nitrogen and oxygen atoms in total. The lowest BCUT2D eigenvalue weighted by atomic mass is 9.81. The van der Waals surface area contributed by atoms with Crippen molar-refractivity contribution < 1.29 is 0 Å². The van der Waals surface area contributed by atoms with Crippen LogP contribution in [0.15, 0.2) is 400 Å². The van der Waals surface area contributed by atoms with E-state index < -0.39 is 0 Å². The summed E-state index contributed by atoms with van der Waals surface area (Å²) in [5.41, 5.74) is 30.3. The minimum absolute atomic E-state index is 0.0667. The summed E-state index contributed by atoms with van der Waals surface area (Å²) in [7, 11) is 0. The number of benzene rings is 20. The van der Waals surface area contributed by atoms with Crippen molar-refractivity contribution in [3.05, 3.63) is 434 Å².